The van der Waals surface area contributed by atoms with Gasteiger partial charge in [-0.2, -0.15) is 0 Å². The van der Waals surface area contributed by atoms with Crippen LogP contribution in [0.25, 0.3) is 10.4 Å². The van der Waals surface area contributed by atoms with Crippen molar-refractivity contribution in [2.75, 3.05) is 0 Å². The van der Waals surface area contributed by atoms with Crippen LogP contribution in [-0.2, 0) is 4.74 Å². The van der Waals surface area contributed by atoms with E-state index in [4.69, 9.17) is 10.3 Å². The van der Waals surface area contributed by atoms with Crippen molar-refractivity contribution in [2.45, 2.75) is 43.3 Å². The second-order valence-corrected chi connectivity index (χ2v) is 3.47. The van der Waals surface area contributed by atoms with Gasteiger partial charge in [0.1, 0.15) is 6.10 Å². The third kappa shape index (κ3) is 1.28. The number of fused-ring (bicyclic) bond motifs is 2. The van der Waals surface area contributed by atoms with E-state index in [2.05, 4.69) is 10.0 Å². The highest BCUT2D eigenvalue weighted by Crippen LogP contribution is 2.34. The Morgan fingerprint density at radius 2 is 1.92 bits per heavy atom. The van der Waals surface area contributed by atoms with E-state index >= 15 is 0 Å². The molecule has 13 heavy (non-hydrogen) atoms. The lowest BCUT2D eigenvalue weighted by Crippen LogP contribution is -2.52. The first-order chi connectivity index (χ1) is 6.24. The van der Waals surface area contributed by atoms with Crippen LogP contribution in [0.15, 0.2) is 5.11 Å². The van der Waals surface area contributed by atoms with Crippen molar-refractivity contribution < 1.29 is 14.9 Å². The van der Waals surface area contributed by atoms with Crippen molar-refractivity contribution in [3.8, 4) is 0 Å². The second-order valence-electron chi connectivity index (χ2n) is 3.47. The van der Waals surface area contributed by atoms with E-state index in [-0.39, 0.29) is 12.2 Å². The lowest BCUT2D eigenvalue weighted by atomic mass is 9.99. The fraction of sp³-hybridized carbons (Fsp3) is 1.00. The van der Waals surface area contributed by atoms with Gasteiger partial charge in [0.05, 0.1) is 24.4 Å². The normalized spacial score (nSPS) is 48.6. The number of hydrogen-bond acceptors (Lipinski definition) is 4. The molecule has 2 aliphatic heterocycles. The summed E-state index contributed by atoms with van der Waals surface area (Å²) < 4.78 is 5.37. The van der Waals surface area contributed by atoms with Crippen molar-refractivity contribution in [3.63, 3.8) is 0 Å². The predicted octanol–water partition coefficient (Wildman–Crippen LogP) is -0.0517. The summed E-state index contributed by atoms with van der Waals surface area (Å²) in [7, 11) is 0. The Kier molecular flexibility index (Phi) is 2.13. The van der Waals surface area contributed by atoms with Crippen LogP contribution < -0.4 is 0 Å². The number of aliphatic hydroxyl groups excluding tert-OH is 2. The molecule has 6 nitrogen and oxygen atoms in total. The number of azide groups is 1. The van der Waals surface area contributed by atoms with Crippen LogP contribution >= 0.6 is 0 Å². The average molecular weight is 185 g/mol. The molecule has 0 aromatic heterocycles. The summed E-state index contributed by atoms with van der Waals surface area (Å²) in [6, 6.07) is -0.640. The molecule has 2 saturated heterocycles. The minimum Gasteiger partial charge on any atom is -0.390 e. The molecular weight excluding hydrogens is 174 g/mol. The first-order valence-corrected chi connectivity index (χ1v) is 4.30. The van der Waals surface area contributed by atoms with Crippen LogP contribution in [0.5, 0.6) is 0 Å². The summed E-state index contributed by atoms with van der Waals surface area (Å²) in [5, 5.41) is 22.5. The Labute approximate surface area is 74.8 Å². The largest absolute Gasteiger partial charge is 0.390 e. The minimum absolute atomic E-state index is 0.223. The zero-order chi connectivity index (χ0) is 9.42. The molecule has 2 unspecified atom stereocenters. The molecule has 0 aliphatic carbocycles. The molecule has 2 heterocycles. The molecule has 2 N–H and O–H groups in total. The van der Waals surface area contributed by atoms with Gasteiger partial charge in [-0.25, -0.2) is 0 Å². The number of ether oxygens (including phenoxy) is 1. The maximum Gasteiger partial charge on any atom is 0.106 e. The molecule has 0 amide bonds. The van der Waals surface area contributed by atoms with Crippen LogP contribution in [0.3, 0.4) is 0 Å². The SMILES string of the molecule is [N-]=[N+]=N[C@H]1C2CC[C@@H](O2)[C@@H](O)C1O. The number of rotatable bonds is 1. The molecule has 0 saturated carbocycles. The van der Waals surface area contributed by atoms with E-state index in [0.29, 0.717) is 0 Å². The van der Waals surface area contributed by atoms with Gasteiger partial charge in [-0.3, -0.25) is 0 Å². The maximum absolute atomic E-state index is 9.55. The van der Waals surface area contributed by atoms with Gasteiger partial charge in [0.15, 0.2) is 0 Å². The average Bonchev–Trinajstić information content (AvgIpc) is 2.56. The smallest absolute Gasteiger partial charge is 0.106 e. The molecule has 2 aliphatic rings. The van der Waals surface area contributed by atoms with Gasteiger partial charge in [0, 0.05) is 4.91 Å². The molecule has 72 valence electrons. The van der Waals surface area contributed by atoms with Gasteiger partial charge in [0.2, 0.25) is 0 Å². The van der Waals surface area contributed by atoms with E-state index in [1.807, 2.05) is 0 Å². The number of aliphatic hydroxyl groups is 2. The van der Waals surface area contributed by atoms with Crippen LogP contribution in [0.2, 0.25) is 0 Å². The van der Waals surface area contributed by atoms with Crippen LogP contribution in [0.4, 0.5) is 0 Å². The van der Waals surface area contributed by atoms with E-state index in [9.17, 15) is 10.2 Å². The standard InChI is InChI=1S/C7H11N3O3/c8-10-9-5-3-1-2-4(13-3)6(11)7(5)12/h3-7,11-12H,1-2H2/t3?,4-,5+,6-,7?/m1/s1. The van der Waals surface area contributed by atoms with Gasteiger partial charge < -0.3 is 14.9 Å². The molecule has 2 rings (SSSR count). The van der Waals surface area contributed by atoms with E-state index in [1.54, 1.807) is 0 Å². The summed E-state index contributed by atoms with van der Waals surface area (Å²) in [6.07, 6.45) is -0.955. The van der Waals surface area contributed by atoms with Crippen LogP contribution in [0, 0.1) is 0 Å². The van der Waals surface area contributed by atoms with Gasteiger partial charge in [-0.15, -0.1) is 0 Å². The summed E-state index contributed by atoms with van der Waals surface area (Å²) in [5.41, 5.74) is 8.26. The molecule has 5 atom stereocenters. The van der Waals surface area contributed by atoms with E-state index in [0.717, 1.165) is 12.8 Å². The second kappa shape index (κ2) is 3.16. The third-order valence-electron chi connectivity index (χ3n) is 2.73. The first-order valence-electron chi connectivity index (χ1n) is 4.30. The van der Waals surface area contributed by atoms with Crippen molar-refractivity contribution in [2.24, 2.45) is 5.11 Å². The Balaban J connectivity index is 2.21. The molecule has 2 bridgehead atoms. The minimum atomic E-state index is -0.984. The summed E-state index contributed by atoms with van der Waals surface area (Å²) >= 11 is 0. The monoisotopic (exact) mass is 185 g/mol. The van der Waals surface area contributed by atoms with Gasteiger partial charge in [-0.1, -0.05) is 5.11 Å². The summed E-state index contributed by atoms with van der Waals surface area (Å²) in [6.45, 7) is 0. The Morgan fingerprint density at radius 3 is 2.62 bits per heavy atom. The van der Waals surface area contributed by atoms with E-state index < -0.39 is 18.2 Å². The highest BCUT2D eigenvalue weighted by Gasteiger charge is 2.47. The Morgan fingerprint density at radius 1 is 1.23 bits per heavy atom. The lowest BCUT2D eigenvalue weighted by Gasteiger charge is -2.34. The Bertz CT molecular complexity index is 253. The first kappa shape index (κ1) is 8.77. The van der Waals surface area contributed by atoms with Crippen LogP contribution in [0.1, 0.15) is 12.8 Å². The Hall–Kier alpha value is -0.810. The molecule has 0 aromatic carbocycles. The number of nitrogens with zero attached hydrogens (tertiary/aromatic N) is 3. The maximum atomic E-state index is 9.55. The molecule has 0 radical (unpaired) electrons. The summed E-state index contributed by atoms with van der Waals surface area (Å²) in [5.74, 6) is 0. The molecule has 6 heteroatoms. The van der Waals surface area contributed by atoms with Crippen molar-refractivity contribution in [3.05, 3.63) is 10.4 Å². The molecular formula is C7H11N3O3. The quantitative estimate of drug-likeness (QED) is 0.340. The molecule has 0 aromatic rings. The fourth-order valence-electron chi connectivity index (χ4n) is 2.04. The molecule has 2 fully saturated rings. The predicted molar refractivity (Wildman–Crippen MR) is 42.8 cm³/mol. The topological polar surface area (TPSA) is 98.5 Å². The highest BCUT2D eigenvalue weighted by molar-refractivity contribution is 5.00. The van der Waals surface area contributed by atoms with Crippen molar-refractivity contribution >= 4 is 0 Å². The van der Waals surface area contributed by atoms with Crippen LogP contribution in [-0.4, -0.2) is 40.7 Å². The highest BCUT2D eigenvalue weighted by atomic mass is 16.5. The van der Waals surface area contributed by atoms with Crippen molar-refractivity contribution in [1.29, 1.82) is 0 Å². The molecule has 0 spiro atoms. The van der Waals surface area contributed by atoms with Crippen molar-refractivity contribution in [1.82, 2.24) is 0 Å². The third-order valence-corrected chi connectivity index (χ3v) is 2.73. The fourth-order valence-corrected chi connectivity index (χ4v) is 2.04. The van der Waals surface area contributed by atoms with Gasteiger partial charge in [0.25, 0.3) is 0 Å². The number of hydrogen-bond donors (Lipinski definition) is 2. The zero-order valence-electron chi connectivity index (χ0n) is 6.95. The summed E-state index contributed by atoms with van der Waals surface area (Å²) in [4.78, 5) is 2.63. The van der Waals surface area contributed by atoms with E-state index in [1.165, 1.54) is 0 Å². The lowest BCUT2D eigenvalue weighted by molar-refractivity contribution is -0.146. The van der Waals surface area contributed by atoms with Gasteiger partial charge in [-0.05, 0) is 18.4 Å². The zero-order valence-corrected chi connectivity index (χ0v) is 6.95. The van der Waals surface area contributed by atoms with Gasteiger partial charge >= 0.3 is 0 Å².